The smallest absolute Gasteiger partial charge is 0.173 e. The Morgan fingerprint density at radius 2 is 1.71 bits per heavy atom. The fourth-order valence-corrected chi connectivity index (χ4v) is 4.59. The quantitative estimate of drug-likeness (QED) is 0.469. The van der Waals surface area contributed by atoms with Gasteiger partial charge in [-0.2, -0.15) is 0 Å². The van der Waals surface area contributed by atoms with E-state index in [0.29, 0.717) is 0 Å². The van der Waals surface area contributed by atoms with Crippen LogP contribution in [0.4, 0.5) is 0 Å². The minimum Gasteiger partial charge on any atom is -0.290 e. The number of hydrogen-bond acceptors (Lipinski definition) is 5. The number of benzene rings is 2. The van der Waals surface area contributed by atoms with Gasteiger partial charge in [-0.25, -0.2) is 4.68 Å². The van der Waals surface area contributed by atoms with Gasteiger partial charge in [0.05, 0.1) is 11.6 Å². The first-order chi connectivity index (χ1) is 15.4. The van der Waals surface area contributed by atoms with Crippen LogP contribution in [0, 0.1) is 0 Å². The summed E-state index contributed by atoms with van der Waals surface area (Å²) in [6.45, 7) is 2.91. The number of fused-ring (bicyclic) bond motifs is 1. The molecule has 0 N–H and O–H groups in total. The number of aromatic nitrogens is 5. The van der Waals surface area contributed by atoms with Crippen molar-refractivity contribution in [2.45, 2.75) is 44.7 Å². The van der Waals surface area contributed by atoms with Gasteiger partial charge in [-0.15, -0.1) is 5.10 Å². The standard InChI is InChI=1S/C25H28N6/c1-2-7-17-30(16-6-1)24(22-12-13-23-21(19-22)11-8-15-26-23)25-27-28-29-31(25)18-14-20-9-4-3-5-10-20/h3-5,8-13,15,19,24H,1-2,6-7,14,16-18H2/t24-/m1/s1. The van der Waals surface area contributed by atoms with Crippen molar-refractivity contribution in [3.63, 3.8) is 0 Å². The van der Waals surface area contributed by atoms with E-state index >= 15 is 0 Å². The van der Waals surface area contributed by atoms with Crippen molar-refractivity contribution in [2.24, 2.45) is 0 Å². The average Bonchev–Trinajstić information content (AvgIpc) is 3.11. The van der Waals surface area contributed by atoms with Crippen LogP contribution in [0.15, 0.2) is 66.9 Å². The molecule has 6 heteroatoms. The highest BCUT2D eigenvalue weighted by Crippen LogP contribution is 2.31. The van der Waals surface area contributed by atoms with Crippen molar-refractivity contribution in [1.29, 1.82) is 0 Å². The zero-order chi connectivity index (χ0) is 20.9. The number of likely N-dealkylation sites (tertiary alicyclic amines) is 1. The molecule has 0 bridgehead atoms. The van der Waals surface area contributed by atoms with Crippen LogP contribution >= 0.6 is 0 Å². The number of pyridine rings is 1. The molecule has 4 aromatic rings. The number of hydrogen-bond donors (Lipinski definition) is 0. The lowest BCUT2D eigenvalue weighted by atomic mass is 10.0. The summed E-state index contributed by atoms with van der Waals surface area (Å²) in [5, 5.41) is 14.2. The van der Waals surface area contributed by atoms with Gasteiger partial charge >= 0.3 is 0 Å². The third kappa shape index (κ3) is 4.49. The minimum atomic E-state index is 0.0495. The van der Waals surface area contributed by atoms with E-state index in [1.807, 2.05) is 16.9 Å². The van der Waals surface area contributed by atoms with Gasteiger partial charge in [-0.3, -0.25) is 9.88 Å². The van der Waals surface area contributed by atoms with Crippen molar-refractivity contribution in [3.05, 3.63) is 83.8 Å². The molecule has 0 spiro atoms. The van der Waals surface area contributed by atoms with Crippen LogP contribution in [0.1, 0.15) is 48.7 Å². The molecule has 1 aliphatic heterocycles. The first-order valence-electron chi connectivity index (χ1n) is 11.3. The predicted octanol–water partition coefficient (Wildman–Crippen LogP) is 4.43. The normalized spacial score (nSPS) is 16.3. The molecule has 1 saturated heterocycles. The summed E-state index contributed by atoms with van der Waals surface area (Å²) >= 11 is 0. The lowest BCUT2D eigenvalue weighted by Crippen LogP contribution is -2.33. The number of nitrogens with zero attached hydrogens (tertiary/aromatic N) is 6. The maximum Gasteiger partial charge on any atom is 0.173 e. The van der Waals surface area contributed by atoms with E-state index in [0.717, 1.165) is 42.8 Å². The summed E-state index contributed by atoms with van der Waals surface area (Å²) in [5.41, 5.74) is 3.55. The van der Waals surface area contributed by atoms with Crippen LogP contribution in [0.25, 0.3) is 10.9 Å². The van der Waals surface area contributed by atoms with Crippen molar-refractivity contribution < 1.29 is 0 Å². The fourth-order valence-electron chi connectivity index (χ4n) is 4.59. The maximum absolute atomic E-state index is 4.54. The van der Waals surface area contributed by atoms with Gasteiger partial charge in [0.25, 0.3) is 0 Å². The molecule has 0 radical (unpaired) electrons. The lowest BCUT2D eigenvalue weighted by molar-refractivity contribution is 0.221. The Morgan fingerprint density at radius 3 is 2.55 bits per heavy atom. The molecule has 31 heavy (non-hydrogen) atoms. The summed E-state index contributed by atoms with van der Waals surface area (Å²) in [5.74, 6) is 0.932. The molecule has 0 unspecified atom stereocenters. The Hall–Kier alpha value is -3.12. The Morgan fingerprint density at radius 1 is 0.871 bits per heavy atom. The third-order valence-electron chi connectivity index (χ3n) is 6.21. The van der Waals surface area contributed by atoms with Gasteiger partial charge in [0.2, 0.25) is 0 Å². The molecule has 0 saturated carbocycles. The van der Waals surface area contributed by atoms with Gasteiger partial charge in [0, 0.05) is 18.1 Å². The summed E-state index contributed by atoms with van der Waals surface area (Å²) in [6.07, 6.45) is 7.79. The fraction of sp³-hybridized carbons (Fsp3) is 0.360. The van der Waals surface area contributed by atoms with E-state index in [1.54, 1.807) is 0 Å². The molecule has 3 heterocycles. The van der Waals surface area contributed by atoms with E-state index < -0.39 is 0 Å². The Balaban J connectivity index is 1.50. The minimum absolute atomic E-state index is 0.0495. The lowest BCUT2D eigenvalue weighted by Gasteiger charge is -2.30. The van der Waals surface area contributed by atoms with Crippen LogP contribution < -0.4 is 0 Å². The average molecular weight is 413 g/mol. The van der Waals surface area contributed by atoms with E-state index in [-0.39, 0.29) is 6.04 Å². The summed E-state index contributed by atoms with van der Waals surface area (Å²) in [7, 11) is 0. The third-order valence-corrected chi connectivity index (χ3v) is 6.21. The summed E-state index contributed by atoms with van der Waals surface area (Å²) in [6, 6.07) is 21.3. The molecular formula is C25H28N6. The van der Waals surface area contributed by atoms with E-state index in [2.05, 4.69) is 80.0 Å². The van der Waals surface area contributed by atoms with Gasteiger partial charge in [-0.05, 0) is 72.1 Å². The van der Waals surface area contributed by atoms with Crippen LogP contribution in [0.2, 0.25) is 0 Å². The molecule has 0 aliphatic carbocycles. The van der Waals surface area contributed by atoms with Crippen LogP contribution in [0.5, 0.6) is 0 Å². The number of tetrazole rings is 1. The molecule has 5 rings (SSSR count). The highest BCUT2D eigenvalue weighted by atomic mass is 15.5. The van der Waals surface area contributed by atoms with Crippen molar-refractivity contribution in [2.75, 3.05) is 13.1 Å². The van der Waals surface area contributed by atoms with Crippen molar-refractivity contribution in [1.82, 2.24) is 30.1 Å². The zero-order valence-corrected chi connectivity index (χ0v) is 17.8. The molecule has 1 atom stereocenters. The van der Waals surface area contributed by atoms with Gasteiger partial charge < -0.3 is 0 Å². The summed E-state index contributed by atoms with van der Waals surface area (Å²) < 4.78 is 2.00. The van der Waals surface area contributed by atoms with Crippen molar-refractivity contribution >= 4 is 10.9 Å². The molecular weight excluding hydrogens is 384 g/mol. The molecule has 2 aromatic carbocycles. The van der Waals surface area contributed by atoms with Gasteiger partial charge in [-0.1, -0.05) is 55.3 Å². The van der Waals surface area contributed by atoms with E-state index in [9.17, 15) is 0 Å². The highest BCUT2D eigenvalue weighted by Gasteiger charge is 2.28. The topological polar surface area (TPSA) is 59.7 Å². The van der Waals surface area contributed by atoms with Crippen molar-refractivity contribution in [3.8, 4) is 0 Å². The zero-order valence-electron chi connectivity index (χ0n) is 17.8. The van der Waals surface area contributed by atoms with Crippen LogP contribution in [0.3, 0.4) is 0 Å². The van der Waals surface area contributed by atoms with E-state index in [4.69, 9.17) is 0 Å². The SMILES string of the molecule is c1ccc(CCn2nnnc2[C@@H](c2ccc3ncccc3c2)N2CCCCCC2)cc1. The summed E-state index contributed by atoms with van der Waals surface area (Å²) in [4.78, 5) is 7.06. The highest BCUT2D eigenvalue weighted by molar-refractivity contribution is 5.79. The molecule has 2 aromatic heterocycles. The Kier molecular flexibility index (Phi) is 5.98. The second-order valence-electron chi connectivity index (χ2n) is 8.30. The van der Waals surface area contributed by atoms with Gasteiger partial charge in [0.1, 0.15) is 0 Å². The molecule has 1 fully saturated rings. The Labute approximate surface area is 182 Å². The van der Waals surface area contributed by atoms with Crippen LogP contribution in [-0.2, 0) is 13.0 Å². The first-order valence-corrected chi connectivity index (χ1v) is 11.3. The maximum atomic E-state index is 4.54. The first kappa shape index (κ1) is 19.8. The molecule has 1 aliphatic rings. The van der Waals surface area contributed by atoms with Gasteiger partial charge in [0.15, 0.2) is 5.82 Å². The number of aryl methyl sites for hydroxylation is 2. The molecule has 158 valence electrons. The number of rotatable bonds is 6. The Bertz CT molecular complexity index is 1120. The molecule has 0 amide bonds. The molecule has 6 nitrogen and oxygen atoms in total. The second-order valence-corrected chi connectivity index (χ2v) is 8.30. The predicted molar refractivity (Wildman–Crippen MR) is 122 cm³/mol. The van der Waals surface area contributed by atoms with Crippen LogP contribution in [-0.4, -0.2) is 43.2 Å². The monoisotopic (exact) mass is 412 g/mol. The van der Waals surface area contributed by atoms with E-state index in [1.165, 1.54) is 36.8 Å². The largest absolute Gasteiger partial charge is 0.290 e. The second kappa shape index (κ2) is 9.35.